The SMILES string of the molecule is CCCCCCc1nc2c([nH]1)c(=N)ncn2Cc1c(Cl)cccc1Cl. The van der Waals surface area contributed by atoms with Crippen molar-refractivity contribution in [3.05, 3.63) is 51.4 Å². The standard InChI is InChI=1S/C18H21Cl2N5/c1-2-3-4-5-9-15-23-16-17(21)22-11-25(18(16)24-15)10-12-13(19)7-6-8-14(12)20/h6-8,11,21H,2-5,9-10H2,1H3,(H,23,24). The van der Waals surface area contributed by atoms with E-state index in [4.69, 9.17) is 28.6 Å². The smallest absolute Gasteiger partial charge is 0.173 e. The van der Waals surface area contributed by atoms with Crippen LogP contribution >= 0.6 is 23.2 Å². The molecule has 0 radical (unpaired) electrons. The molecule has 0 atom stereocenters. The number of unbranched alkanes of at least 4 members (excludes halogenated alkanes) is 3. The Morgan fingerprint density at radius 3 is 2.64 bits per heavy atom. The second-order valence-electron chi connectivity index (χ2n) is 6.11. The quantitative estimate of drug-likeness (QED) is 0.584. The average molecular weight is 378 g/mol. The van der Waals surface area contributed by atoms with Crippen molar-refractivity contribution in [1.82, 2.24) is 19.5 Å². The number of benzene rings is 1. The molecule has 2 N–H and O–H groups in total. The highest BCUT2D eigenvalue weighted by molar-refractivity contribution is 6.35. The van der Waals surface area contributed by atoms with Gasteiger partial charge in [0.1, 0.15) is 11.3 Å². The van der Waals surface area contributed by atoms with E-state index in [0.717, 1.165) is 24.2 Å². The van der Waals surface area contributed by atoms with Crippen LogP contribution in [0.1, 0.15) is 44.0 Å². The van der Waals surface area contributed by atoms with Crippen LogP contribution in [0.25, 0.3) is 11.2 Å². The molecule has 0 saturated carbocycles. The third kappa shape index (κ3) is 4.05. The normalized spacial score (nSPS) is 11.3. The van der Waals surface area contributed by atoms with Crippen molar-refractivity contribution in [1.29, 1.82) is 5.41 Å². The Morgan fingerprint density at radius 2 is 1.92 bits per heavy atom. The summed E-state index contributed by atoms with van der Waals surface area (Å²) < 4.78 is 1.88. The van der Waals surface area contributed by atoms with Gasteiger partial charge in [0.05, 0.1) is 12.9 Å². The number of hydrogen-bond donors (Lipinski definition) is 2. The molecular formula is C18H21Cl2N5. The van der Waals surface area contributed by atoms with Gasteiger partial charge in [-0.25, -0.2) is 9.97 Å². The Labute approximate surface area is 156 Å². The summed E-state index contributed by atoms with van der Waals surface area (Å²) in [4.78, 5) is 12.1. The molecule has 25 heavy (non-hydrogen) atoms. The minimum atomic E-state index is 0.198. The fourth-order valence-electron chi connectivity index (χ4n) is 2.84. The van der Waals surface area contributed by atoms with Gasteiger partial charge in [-0.1, -0.05) is 55.5 Å². The molecule has 7 heteroatoms. The number of nitrogens with zero attached hydrogens (tertiary/aromatic N) is 3. The van der Waals surface area contributed by atoms with Crippen LogP contribution in [0, 0.1) is 5.41 Å². The molecule has 0 spiro atoms. The Bertz CT molecular complexity index is 909. The van der Waals surface area contributed by atoms with Crippen molar-refractivity contribution in [2.24, 2.45) is 0 Å². The van der Waals surface area contributed by atoms with E-state index < -0.39 is 0 Å². The predicted octanol–water partition coefficient (Wildman–Crippen LogP) is 4.72. The number of aromatic nitrogens is 4. The van der Waals surface area contributed by atoms with Gasteiger partial charge in [-0.3, -0.25) is 5.41 Å². The Balaban J connectivity index is 1.92. The summed E-state index contributed by atoms with van der Waals surface area (Å²) in [6.45, 7) is 2.66. The van der Waals surface area contributed by atoms with Crippen molar-refractivity contribution in [3.63, 3.8) is 0 Å². The lowest BCUT2D eigenvalue weighted by molar-refractivity contribution is 0.655. The first-order valence-electron chi connectivity index (χ1n) is 8.51. The summed E-state index contributed by atoms with van der Waals surface area (Å²) in [5.41, 5.74) is 2.38. The van der Waals surface area contributed by atoms with Gasteiger partial charge >= 0.3 is 0 Å². The van der Waals surface area contributed by atoms with E-state index in [1.807, 2.05) is 22.8 Å². The first kappa shape index (κ1) is 18.0. The molecule has 0 unspecified atom stereocenters. The van der Waals surface area contributed by atoms with Gasteiger partial charge in [-0.15, -0.1) is 0 Å². The highest BCUT2D eigenvalue weighted by Gasteiger charge is 2.12. The van der Waals surface area contributed by atoms with Crippen molar-refractivity contribution >= 4 is 34.4 Å². The summed E-state index contributed by atoms with van der Waals surface area (Å²) in [5, 5.41) is 9.25. The van der Waals surface area contributed by atoms with Gasteiger partial charge < -0.3 is 9.55 Å². The molecule has 1 aromatic carbocycles. The molecule has 132 valence electrons. The maximum absolute atomic E-state index is 8.03. The predicted molar refractivity (Wildman–Crippen MR) is 101 cm³/mol. The molecule has 3 rings (SSSR count). The zero-order valence-electron chi connectivity index (χ0n) is 14.1. The second-order valence-corrected chi connectivity index (χ2v) is 6.93. The number of imidazole rings is 1. The van der Waals surface area contributed by atoms with Gasteiger partial charge in [0.15, 0.2) is 11.1 Å². The summed E-state index contributed by atoms with van der Waals surface area (Å²) >= 11 is 12.6. The zero-order valence-corrected chi connectivity index (χ0v) is 15.7. The van der Waals surface area contributed by atoms with E-state index in [1.165, 1.54) is 19.3 Å². The molecule has 0 saturated heterocycles. The van der Waals surface area contributed by atoms with Gasteiger partial charge in [0.25, 0.3) is 0 Å². The number of H-pyrrole nitrogens is 1. The minimum Gasteiger partial charge on any atom is -0.338 e. The maximum atomic E-state index is 8.03. The number of aryl methyl sites for hydroxylation is 1. The number of rotatable bonds is 7. The molecule has 0 amide bonds. The fraction of sp³-hybridized carbons (Fsp3) is 0.389. The largest absolute Gasteiger partial charge is 0.338 e. The van der Waals surface area contributed by atoms with Crippen molar-refractivity contribution in [2.75, 3.05) is 0 Å². The van der Waals surface area contributed by atoms with E-state index >= 15 is 0 Å². The third-order valence-corrected chi connectivity index (χ3v) is 4.93. The lowest BCUT2D eigenvalue weighted by Gasteiger charge is -2.10. The molecule has 0 bridgehead atoms. The first-order valence-corrected chi connectivity index (χ1v) is 9.27. The van der Waals surface area contributed by atoms with Crippen LogP contribution in [0.5, 0.6) is 0 Å². The van der Waals surface area contributed by atoms with Crippen molar-refractivity contribution in [2.45, 2.75) is 45.6 Å². The van der Waals surface area contributed by atoms with Gasteiger partial charge in [0.2, 0.25) is 0 Å². The van der Waals surface area contributed by atoms with Crippen molar-refractivity contribution < 1.29 is 0 Å². The molecular weight excluding hydrogens is 357 g/mol. The van der Waals surface area contributed by atoms with Crippen LogP contribution in [0.15, 0.2) is 24.5 Å². The summed E-state index contributed by atoms with van der Waals surface area (Å²) in [6.07, 6.45) is 7.21. The third-order valence-electron chi connectivity index (χ3n) is 4.23. The molecule has 2 heterocycles. The van der Waals surface area contributed by atoms with Crippen LogP contribution in [0.4, 0.5) is 0 Å². The maximum Gasteiger partial charge on any atom is 0.173 e. The van der Waals surface area contributed by atoms with Gasteiger partial charge in [-0.05, 0) is 18.6 Å². The topological polar surface area (TPSA) is 70.3 Å². The zero-order chi connectivity index (χ0) is 17.8. The number of hydrogen-bond acceptors (Lipinski definition) is 3. The first-order chi connectivity index (χ1) is 12.1. The van der Waals surface area contributed by atoms with E-state index in [2.05, 4.69) is 21.9 Å². The van der Waals surface area contributed by atoms with E-state index in [0.29, 0.717) is 27.8 Å². The molecule has 0 fully saturated rings. The van der Waals surface area contributed by atoms with Gasteiger partial charge in [0, 0.05) is 22.0 Å². The Hall–Kier alpha value is -1.85. The van der Waals surface area contributed by atoms with E-state index in [9.17, 15) is 0 Å². The molecule has 0 aliphatic carbocycles. The molecule has 0 aliphatic rings. The lowest BCUT2D eigenvalue weighted by atomic mass is 10.1. The summed E-state index contributed by atoms with van der Waals surface area (Å²) in [6, 6.07) is 5.45. The number of nitrogens with one attached hydrogen (secondary N) is 2. The molecule has 3 aromatic rings. The monoisotopic (exact) mass is 377 g/mol. The molecule has 0 aliphatic heterocycles. The van der Waals surface area contributed by atoms with Gasteiger partial charge in [-0.2, -0.15) is 0 Å². The Kier molecular flexibility index (Phi) is 5.76. The lowest BCUT2D eigenvalue weighted by Crippen LogP contribution is -2.13. The number of fused-ring (bicyclic) bond motifs is 1. The highest BCUT2D eigenvalue weighted by atomic mass is 35.5. The second kappa shape index (κ2) is 8.02. The average Bonchev–Trinajstić information content (AvgIpc) is 3.02. The summed E-state index contributed by atoms with van der Waals surface area (Å²) in [5.74, 6) is 0.895. The molecule has 2 aromatic heterocycles. The number of aromatic amines is 1. The van der Waals surface area contributed by atoms with E-state index in [-0.39, 0.29) is 5.49 Å². The Morgan fingerprint density at radius 1 is 1.16 bits per heavy atom. The van der Waals surface area contributed by atoms with Crippen molar-refractivity contribution in [3.8, 4) is 0 Å². The van der Waals surface area contributed by atoms with Crippen LogP contribution < -0.4 is 5.49 Å². The minimum absolute atomic E-state index is 0.198. The fourth-order valence-corrected chi connectivity index (χ4v) is 3.36. The van der Waals surface area contributed by atoms with E-state index in [1.54, 1.807) is 6.33 Å². The van der Waals surface area contributed by atoms with Crippen LogP contribution in [-0.2, 0) is 13.0 Å². The number of halogens is 2. The van der Waals surface area contributed by atoms with Crippen LogP contribution in [0.2, 0.25) is 10.0 Å². The molecule has 5 nitrogen and oxygen atoms in total. The van der Waals surface area contributed by atoms with Crippen LogP contribution in [0.3, 0.4) is 0 Å². The van der Waals surface area contributed by atoms with Crippen LogP contribution in [-0.4, -0.2) is 19.5 Å². The highest BCUT2D eigenvalue weighted by Crippen LogP contribution is 2.25. The summed E-state index contributed by atoms with van der Waals surface area (Å²) in [7, 11) is 0.